The van der Waals surface area contributed by atoms with Crippen LogP contribution in [0.5, 0.6) is 0 Å². The second kappa shape index (κ2) is 6.02. The Hall–Kier alpha value is -0.570. The van der Waals surface area contributed by atoms with Gasteiger partial charge in [-0.2, -0.15) is 0 Å². The van der Waals surface area contributed by atoms with E-state index >= 15 is 0 Å². The molecule has 1 atom stereocenters. The van der Waals surface area contributed by atoms with Gasteiger partial charge in [0.15, 0.2) is 0 Å². The molecule has 0 amide bonds. The molecule has 0 aromatic rings. The minimum Gasteiger partial charge on any atom is -0.466 e. The van der Waals surface area contributed by atoms with Crippen molar-refractivity contribution in [2.24, 2.45) is 5.92 Å². The van der Waals surface area contributed by atoms with E-state index in [1.54, 1.807) is 0 Å². The molecule has 0 radical (unpaired) electrons. The third kappa shape index (κ3) is 3.66. The highest BCUT2D eigenvalue weighted by Crippen LogP contribution is 2.11. The van der Waals surface area contributed by atoms with E-state index in [1.807, 2.05) is 13.8 Å². The lowest BCUT2D eigenvalue weighted by Gasteiger charge is -2.28. The smallest absolute Gasteiger partial charge is 0.309 e. The van der Waals surface area contributed by atoms with Crippen molar-refractivity contribution in [2.75, 3.05) is 26.2 Å². The van der Waals surface area contributed by atoms with E-state index in [0.717, 1.165) is 19.6 Å². The summed E-state index contributed by atoms with van der Waals surface area (Å²) in [5.74, 6) is -0.0360. The lowest BCUT2D eigenvalue weighted by molar-refractivity contribution is -0.148. The van der Waals surface area contributed by atoms with E-state index < -0.39 is 0 Å². The zero-order valence-corrected chi connectivity index (χ0v) is 9.29. The number of ether oxygens (including phenoxy) is 1. The summed E-state index contributed by atoms with van der Waals surface area (Å²) in [4.78, 5) is 13.7. The first-order valence-corrected chi connectivity index (χ1v) is 5.63. The van der Waals surface area contributed by atoms with Gasteiger partial charge in [-0.15, -0.1) is 0 Å². The number of hydrogen-bond donors (Lipinski definition) is 0. The molecule has 1 aliphatic heterocycles. The monoisotopic (exact) mass is 199 g/mol. The van der Waals surface area contributed by atoms with Crippen molar-refractivity contribution < 1.29 is 9.53 Å². The van der Waals surface area contributed by atoms with Crippen LogP contribution in [0.3, 0.4) is 0 Å². The Kier molecular flexibility index (Phi) is 4.94. The maximum Gasteiger partial charge on any atom is 0.309 e. The number of carbonyl (C=O) groups is 1. The van der Waals surface area contributed by atoms with E-state index in [1.165, 1.54) is 19.3 Å². The number of piperidine rings is 1. The van der Waals surface area contributed by atoms with Gasteiger partial charge in [-0.3, -0.25) is 4.79 Å². The molecule has 3 nitrogen and oxygen atoms in total. The average Bonchev–Trinajstić information content (AvgIpc) is 2.19. The van der Waals surface area contributed by atoms with E-state index in [4.69, 9.17) is 4.74 Å². The van der Waals surface area contributed by atoms with E-state index in [0.29, 0.717) is 6.61 Å². The molecule has 3 heteroatoms. The third-order valence-electron chi connectivity index (χ3n) is 2.67. The summed E-state index contributed by atoms with van der Waals surface area (Å²) in [5, 5.41) is 0. The van der Waals surface area contributed by atoms with Crippen molar-refractivity contribution in [1.82, 2.24) is 4.90 Å². The van der Waals surface area contributed by atoms with Gasteiger partial charge < -0.3 is 9.64 Å². The number of likely N-dealkylation sites (tertiary alicyclic amines) is 1. The fraction of sp³-hybridized carbons (Fsp3) is 0.909. The SMILES string of the molecule is CCOC(=O)[C@@H](C)CN1CCCCC1. The molecule has 1 heterocycles. The molecular formula is C11H21NO2. The number of esters is 1. The van der Waals surface area contributed by atoms with Gasteiger partial charge in [-0.1, -0.05) is 13.3 Å². The van der Waals surface area contributed by atoms with Gasteiger partial charge in [-0.25, -0.2) is 0 Å². The van der Waals surface area contributed by atoms with Crippen molar-refractivity contribution in [1.29, 1.82) is 0 Å². The van der Waals surface area contributed by atoms with Crippen LogP contribution in [0.25, 0.3) is 0 Å². The highest BCUT2D eigenvalue weighted by molar-refractivity contribution is 5.72. The van der Waals surface area contributed by atoms with Gasteiger partial charge in [0.05, 0.1) is 12.5 Å². The Morgan fingerprint density at radius 2 is 2.00 bits per heavy atom. The van der Waals surface area contributed by atoms with Gasteiger partial charge in [0.25, 0.3) is 0 Å². The summed E-state index contributed by atoms with van der Waals surface area (Å²) in [6.45, 7) is 7.44. The topological polar surface area (TPSA) is 29.5 Å². The third-order valence-corrected chi connectivity index (χ3v) is 2.67. The molecule has 1 aliphatic rings. The zero-order valence-electron chi connectivity index (χ0n) is 9.29. The van der Waals surface area contributed by atoms with E-state index in [2.05, 4.69) is 4.90 Å². The first kappa shape index (κ1) is 11.5. The molecular weight excluding hydrogens is 178 g/mol. The van der Waals surface area contributed by atoms with Crippen LogP contribution in [0.1, 0.15) is 33.1 Å². The molecule has 0 aromatic carbocycles. The number of rotatable bonds is 4. The summed E-state index contributed by atoms with van der Waals surface area (Å²) < 4.78 is 4.98. The molecule has 1 fully saturated rings. The van der Waals surface area contributed by atoms with Gasteiger partial charge in [0, 0.05) is 6.54 Å². The van der Waals surface area contributed by atoms with Gasteiger partial charge in [0.1, 0.15) is 0 Å². The van der Waals surface area contributed by atoms with Gasteiger partial charge >= 0.3 is 5.97 Å². The van der Waals surface area contributed by atoms with E-state index in [-0.39, 0.29) is 11.9 Å². The first-order valence-electron chi connectivity index (χ1n) is 5.63. The Balaban J connectivity index is 2.24. The Morgan fingerprint density at radius 1 is 1.36 bits per heavy atom. The summed E-state index contributed by atoms with van der Waals surface area (Å²) in [6, 6.07) is 0. The van der Waals surface area contributed by atoms with Crippen LogP contribution in [0.4, 0.5) is 0 Å². The van der Waals surface area contributed by atoms with Crippen LogP contribution in [0, 0.1) is 5.92 Å². The van der Waals surface area contributed by atoms with Crippen LogP contribution >= 0.6 is 0 Å². The molecule has 1 rings (SSSR count). The number of hydrogen-bond acceptors (Lipinski definition) is 3. The Morgan fingerprint density at radius 3 is 2.57 bits per heavy atom. The number of nitrogens with zero attached hydrogens (tertiary/aromatic N) is 1. The second-order valence-electron chi connectivity index (χ2n) is 4.01. The standard InChI is InChI=1S/C11H21NO2/c1-3-14-11(13)10(2)9-12-7-5-4-6-8-12/h10H,3-9H2,1-2H3/t10-/m0/s1. The lowest BCUT2D eigenvalue weighted by atomic mass is 10.1. The summed E-state index contributed by atoms with van der Waals surface area (Å²) >= 11 is 0. The Bertz CT molecular complexity index is 176. The predicted octanol–water partition coefficient (Wildman–Crippen LogP) is 1.67. The zero-order chi connectivity index (χ0) is 10.4. The molecule has 0 spiro atoms. The van der Waals surface area contributed by atoms with Gasteiger partial charge in [0.2, 0.25) is 0 Å². The van der Waals surface area contributed by atoms with E-state index in [9.17, 15) is 4.79 Å². The fourth-order valence-corrected chi connectivity index (χ4v) is 1.89. The number of carbonyl (C=O) groups excluding carboxylic acids is 1. The molecule has 0 N–H and O–H groups in total. The average molecular weight is 199 g/mol. The van der Waals surface area contributed by atoms with Gasteiger partial charge in [-0.05, 0) is 32.9 Å². The summed E-state index contributed by atoms with van der Waals surface area (Å²) in [7, 11) is 0. The lowest BCUT2D eigenvalue weighted by Crippen LogP contribution is -2.36. The summed E-state index contributed by atoms with van der Waals surface area (Å²) in [5.41, 5.74) is 0. The molecule has 14 heavy (non-hydrogen) atoms. The molecule has 82 valence electrons. The minimum atomic E-state index is -0.0573. The first-order chi connectivity index (χ1) is 6.74. The Labute approximate surface area is 86.4 Å². The maximum atomic E-state index is 11.4. The predicted molar refractivity (Wildman–Crippen MR) is 56.1 cm³/mol. The molecule has 1 saturated heterocycles. The molecule has 0 aromatic heterocycles. The van der Waals surface area contributed by atoms with Crippen molar-refractivity contribution >= 4 is 5.97 Å². The molecule has 0 bridgehead atoms. The highest BCUT2D eigenvalue weighted by atomic mass is 16.5. The fourth-order valence-electron chi connectivity index (χ4n) is 1.89. The van der Waals surface area contributed by atoms with Crippen LogP contribution in [-0.2, 0) is 9.53 Å². The quantitative estimate of drug-likeness (QED) is 0.645. The maximum absolute atomic E-state index is 11.4. The van der Waals surface area contributed by atoms with Crippen molar-refractivity contribution in [3.05, 3.63) is 0 Å². The van der Waals surface area contributed by atoms with Crippen molar-refractivity contribution in [3.8, 4) is 0 Å². The van der Waals surface area contributed by atoms with Crippen molar-refractivity contribution in [2.45, 2.75) is 33.1 Å². The minimum absolute atomic E-state index is 0.0213. The van der Waals surface area contributed by atoms with Crippen LogP contribution in [-0.4, -0.2) is 37.1 Å². The van der Waals surface area contributed by atoms with Crippen LogP contribution < -0.4 is 0 Å². The largest absolute Gasteiger partial charge is 0.466 e. The molecule has 0 saturated carbocycles. The van der Waals surface area contributed by atoms with Crippen molar-refractivity contribution in [3.63, 3.8) is 0 Å². The second-order valence-corrected chi connectivity index (χ2v) is 4.01. The molecule has 0 unspecified atom stereocenters. The highest BCUT2D eigenvalue weighted by Gasteiger charge is 2.19. The normalized spacial score (nSPS) is 20.4. The van der Waals surface area contributed by atoms with Crippen LogP contribution in [0.15, 0.2) is 0 Å². The van der Waals surface area contributed by atoms with Crippen LogP contribution in [0.2, 0.25) is 0 Å². The summed E-state index contributed by atoms with van der Waals surface area (Å²) in [6.07, 6.45) is 3.88. The molecule has 0 aliphatic carbocycles.